The second kappa shape index (κ2) is 7.72. The minimum absolute atomic E-state index is 0. The van der Waals surface area contributed by atoms with Gasteiger partial charge in [-0.3, -0.25) is 9.59 Å². The maximum atomic E-state index is 12.6. The molecule has 4 aromatic rings. The molecule has 0 aliphatic carbocycles. The van der Waals surface area contributed by atoms with Crippen molar-refractivity contribution < 1.29 is 6.22 Å². The van der Waals surface area contributed by atoms with Crippen LogP contribution in [0.2, 0.25) is 0 Å². The first-order valence-corrected chi connectivity index (χ1v) is 9.46. The van der Waals surface area contributed by atoms with Gasteiger partial charge >= 0.3 is 0 Å². The fraction of sp³-hybridized carbons (Fsp3) is 0.125. The molecule has 0 aliphatic rings. The lowest BCUT2D eigenvalue weighted by Crippen LogP contribution is -2.13. The monoisotopic (exact) mass is 385 g/mol. The highest BCUT2D eigenvalue weighted by Crippen LogP contribution is 2.30. The van der Waals surface area contributed by atoms with Gasteiger partial charge in [-0.2, -0.15) is 5.10 Å². The predicted molar refractivity (Wildman–Crippen MR) is 118 cm³/mol. The molecule has 4 rings (SSSR count). The highest BCUT2D eigenvalue weighted by atomic mass is 16.1. The third-order valence-corrected chi connectivity index (χ3v) is 5.03. The molecule has 0 spiro atoms. The summed E-state index contributed by atoms with van der Waals surface area (Å²) in [7, 11) is 0. The first-order valence-electron chi connectivity index (χ1n) is 9.46. The van der Waals surface area contributed by atoms with Gasteiger partial charge in [-0.25, -0.2) is 5.10 Å². The number of hydrogen-bond acceptors (Lipinski definition) is 3. The third kappa shape index (κ3) is 3.80. The maximum Gasteiger partial charge on any atom is 0.272 e. The third-order valence-electron chi connectivity index (χ3n) is 5.03. The van der Waals surface area contributed by atoms with Gasteiger partial charge in [0.15, 0.2) is 0 Å². The second-order valence-corrected chi connectivity index (χ2v) is 7.08. The van der Waals surface area contributed by atoms with Crippen LogP contribution in [0.4, 0.5) is 5.69 Å². The van der Waals surface area contributed by atoms with Crippen molar-refractivity contribution in [1.82, 2.24) is 10.2 Å². The van der Waals surface area contributed by atoms with Crippen LogP contribution in [0.25, 0.3) is 21.9 Å². The molecule has 0 bridgehead atoms. The summed E-state index contributed by atoms with van der Waals surface area (Å²) >= 11 is 0. The number of H-pyrrole nitrogens is 1. The van der Waals surface area contributed by atoms with Gasteiger partial charge in [0.1, 0.15) is 0 Å². The molecule has 1 aromatic heterocycles. The maximum absolute atomic E-state index is 12.6. The van der Waals surface area contributed by atoms with Crippen LogP contribution in [0.1, 0.15) is 25.2 Å². The number of rotatable bonds is 4. The number of hydrogen-bond donors (Lipinski definition) is 2. The quantitative estimate of drug-likeness (QED) is 0.535. The molecule has 29 heavy (non-hydrogen) atoms. The molecule has 5 nitrogen and oxygen atoms in total. The summed E-state index contributed by atoms with van der Waals surface area (Å²) in [6.45, 7) is 3.44. The summed E-state index contributed by atoms with van der Waals surface area (Å²) in [5.41, 5.74) is 5.42. The fourth-order valence-electron chi connectivity index (χ4n) is 3.65. The van der Waals surface area contributed by atoms with Gasteiger partial charge in [0, 0.05) is 25.8 Å². The Morgan fingerprint density at radius 1 is 1.03 bits per heavy atom. The number of carbonyl (C=O) groups is 1. The smallest absolute Gasteiger partial charge is 0.272 e. The van der Waals surface area contributed by atoms with E-state index in [9.17, 15) is 9.59 Å². The van der Waals surface area contributed by atoms with E-state index in [2.05, 4.69) is 27.6 Å². The first kappa shape index (κ1) is 18.6. The Balaban J connectivity index is 0.00000256. The van der Waals surface area contributed by atoms with Crippen LogP contribution in [0.3, 0.4) is 0 Å². The number of fused-ring (bicyclic) bond motifs is 1. The molecular formula is C24H23N3O2. The van der Waals surface area contributed by atoms with Gasteiger partial charge in [0.25, 0.3) is 5.56 Å². The minimum atomic E-state index is -0.189. The topological polar surface area (TPSA) is 74.8 Å². The predicted octanol–water partition coefficient (Wildman–Crippen LogP) is 4.69. The Kier molecular flexibility index (Phi) is 4.96. The molecule has 0 saturated carbocycles. The summed E-state index contributed by atoms with van der Waals surface area (Å²) in [5, 5.41) is 11.3. The van der Waals surface area contributed by atoms with Crippen LogP contribution < -0.4 is 10.9 Å². The minimum Gasteiger partial charge on any atom is -0.326 e. The molecule has 0 unspecified atom stereocenters. The average molecular weight is 385 g/mol. The van der Waals surface area contributed by atoms with E-state index in [1.165, 1.54) is 6.92 Å². The van der Waals surface area contributed by atoms with E-state index >= 15 is 0 Å². The number of aromatic amines is 1. The highest BCUT2D eigenvalue weighted by molar-refractivity contribution is 5.93. The van der Waals surface area contributed by atoms with Gasteiger partial charge in [0.05, 0.1) is 11.1 Å². The van der Waals surface area contributed by atoms with Gasteiger partial charge in [0.2, 0.25) is 5.91 Å². The van der Waals surface area contributed by atoms with Crippen molar-refractivity contribution in [3.63, 3.8) is 0 Å². The van der Waals surface area contributed by atoms with Crippen molar-refractivity contribution >= 4 is 22.4 Å². The Bertz CT molecular complexity index is 1250. The molecule has 0 atom stereocenters. The van der Waals surface area contributed by atoms with Crippen molar-refractivity contribution in [3.05, 3.63) is 93.9 Å². The van der Waals surface area contributed by atoms with E-state index in [4.69, 9.17) is 0 Å². The zero-order valence-electron chi connectivity index (χ0n) is 16.3. The van der Waals surface area contributed by atoms with E-state index in [1.54, 1.807) is 0 Å². The lowest BCUT2D eigenvalue weighted by atomic mass is 9.94. The van der Waals surface area contributed by atoms with Crippen molar-refractivity contribution in [1.29, 1.82) is 0 Å². The number of carbonyl (C=O) groups excluding carboxylic acids is 1. The molecular weight excluding hydrogens is 362 g/mol. The van der Waals surface area contributed by atoms with Gasteiger partial charge < -0.3 is 5.32 Å². The first-order chi connectivity index (χ1) is 14.0. The lowest BCUT2D eigenvalue weighted by molar-refractivity contribution is -0.114. The molecule has 1 heterocycles. The standard InChI is InChI=1S/C24H21N3O2.H2/c1-15-20(18-8-10-19(11-9-18)25-16(2)28)12-13-21-22(26-27-24(29)23(15)21)14-17-6-4-3-5-7-17;/h3-13H,14H2,1-2H3,(H,25,28)(H,27,29);1H. The number of aromatic nitrogens is 2. The molecule has 1 amide bonds. The summed E-state index contributed by atoms with van der Waals surface area (Å²) in [5.74, 6) is -0.107. The zero-order valence-corrected chi connectivity index (χ0v) is 16.3. The number of amides is 1. The summed E-state index contributed by atoms with van der Waals surface area (Å²) in [6, 6.07) is 21.7. The normalized spacial score (nSPS) is 10.8. The molecule has 0 aliphatic heterocycles. The van der Waals surface area contributed by atoms with E-state index in [0.29, 0.717) is 11.8 Å². The van der Waals surface area contributed by atoms with E-state index in [0.717, 1.165) is 39.0 Å². The van der Waals surface area contributed by atoms with E-state index in [1.807, 2.05) is 61.5 Å². The van der Waals surface area contributed by atoms with E-state index in [-0.39, 0.29) is 12.9 Å². The summed E-state index contributed by atoms with van der Waals surface area (Å²) in [6.07, 6.45) is 0.651. The Hall–Kier alpha value is -3.73. The second-order valence-electron chi connectivity index (χ2n) is 7.08. The molecule has 146 valence electrons. The molecule has 3 aromatic carbocycles. The molecule has 0 saturated heterocycles. The van der Waals surface area contributed by atoms with Gasteiger partial charge in [-0.1, -0.05) is 54.6 Å². The van der Waals surface area contributed by atoms with Crippen LogP contribution >= 0.6 is 0 Å². The summed E-state index contributed by atoms with van der Waals surface area (Å²) in [4.78, 5) is 23.8. The number of benzene rings is 3. The molecule has 0 fully saturated rings. The van der Waals surface area contributed by atoms with Crippen molar-refractivity contribution in [2.75, 3.05) is 5.32 Å². The molecule has 0 radical (unpaired) electrons. The Morgan fingerprint density at radius 2 is 1.76 bits per heavy atom. The SMILES string of the molecule is CC(=O)Nc1ccc(-c2ccc3c(Cc4ccccc4)n[nH]c(=O)c3c2C)cc1.[HH]. The molecule has 5 heteroatoms. The highest BCUT2D eigenvalue weighted by Gasteiger charge is 2.13. The van der Waals surface area contributed by atoms with Crippen molar-refractivity contribution in [3.8, 4) is 11.1 Å². The van der Waals surface area contributed by atoms with Crippen LogP contribution in [0, 0.1) is 6.92 Å². The van der Waals surface area contributed by atoms with Crippen molar-refractivity contribution in [2.24, 2.45) is 0 Å². The van der Waals surface area contributed by atoms with E-state index < -0.39 is 0 Å². The summed E-state index contributed by atoms with van der Waals surface area (Å²) < 4.78 is 0. The van der Waals surface area contributed by atoms with Crippen LogP contribution in [0.15, 0.2) is 71.5 Å². The molecule has 2 N–H and O–H groups in total. The number of anilines is 1. The van der Waals surface area contributed by atoms with Crippen LogP contribution in [-0.2, 0) is 11.2 Å². The van der Waals surface area contributed by atoms with Crippen LogP contribution in [-0.4, -0.2) is 16.1 Å². The number of nitrogens with zero attached hydrogens (tertiary/aromatic N) is 1. The fourth-order valence-corrected chi connectivity index (χ4v) is 3.65. The zero-order chi connectivity index (χ0) is 20.4. The van der Waals surface area contributed by atoms with Crippen LogP contribution in [0.5, 0.6) is 0 Å². The number of nitrogens with one attached hydrogen (secondary N) is 2. The largest absolute Gasteiger partial charge is 0.326 e. The van der Waals surface area contributed by atoms with Gasteiger partial charge in [-0.05, 0) is 41.3 Å². The number of aryl methyl sites for hydroxylation is 1. The Labute approximate surface area is 169 Å². The van der Waals surface area contributed by atoms with Gasteiger partial charge in [-0.15, -0.1) is 0 Å². The lowest BCUT2D eigenvalue weighted by Gasteiger charge is -2.12. The Morgan fingerprint density at radius 3 is 2.45 bits per heavy atom. The average Bonchev–Trinajstić information content (AvgIpc) is 2.71. The van der Waals surface area contributed by atoms with Crippen molar-refractivity contribution in [2.45, 2.75) is 20.3 Å².